The maximum absolute atomic E-state index is 10.8. The van der Waals surface area contributed by atoms with E-state index in [0.717, 1.165) is 18.5 Å². The van der Waals surface area contributed by atoms with E-state index in [2.05, 4.69) is 13.8 Å². The van der Waals surface area contributed by atoms with Crippen LogP contribution in [0.15, 0.2) is 18.2 Å². The Morgan fingerprint density at radius 3 is 2.41 bits per heavy atom. The molecule has 1 rings (SSSR count). The number of nitrogen functional groups attached to an aromatic ring is 1. The first-order valence-electron chi connectivity index (χ1n) is 5.77. The number of rotatable bonds is 5. The summed E-state index contributed by atoms with van der Waals surface area (Å²) in [4.78, 5) is 12.4. The zero-order chi connectivity index (χ0) is 13.0. The van der Waals surface area contributed by atoms with Crippen LogP contribution in [0.25, 0.3) is 0 Å². The third kappa shape index (κ3) is 3.09. The Morgan fingerprint density at radius 2 is 1.94 bits per heavy atom. The lowest BCUT2D eigenvalue weighted by Crippen LogP contribution is -2.30. The molecule has 0 radical (unpaired) electrons. The lowest BCUT2D eigenvalue weighted by Gasteiger charge is -2.28. The van der Waals surface area contributed by atoms with Crippen molar-refractivity contribution in [1.82, 2.24) is 0 Å². The Kier molecular flexibility index (Phi) is 4.31. The van der Waals surface area contributed by atoms with Crippen molar-refractivity contribution in [2.45, 2.75) is 32.7 Å². The number of nitrogens with zero attached hydrogens (tertiary/aromatic N) is 2. The van der Waals surface area contributed by atoms with Crippen LogP contribution in [0.4, 0.5) is 17.1 Å². The van der Waals surface area contributed by atoms with E-state index in [-0.39, 0.29) is 5.69 Å². The molecule has 1 aromatic rings. The Bertz CT molecular complexity index is 403. The van der Waals surface area contributed by atoms with Gasteiger partial charge in [0.15, 0.2) is 0 Å². The van der Waals surface area contributed by atoms with E-state index in [1.54, 1.807) is 12.1 Å². The van der Waals surface area contributed by atoms with Gasteiger partial charge >= 0.3 is 0 Å². The molecule has 5 heteroatoms. The van der Waals surface area contributed by atoms with Gasteiger partial charge in [0.2, 0.25) is 0 Å². The Balaban J connectivity index is 3.08. The van der Waals surface area contributed by atoms with Crippen molar-refractivity contribution in [3.05, 3.63) is 28.3 Å². The minimum Gasteiger partial charge on any atom is -0.398 e. The summed E-state index contributed by atoms with van der Waals surface area (Å²) in [6.45, 7) is 4.21. The number of non-ortho nitro benzene ring substituents is 1. The molecule has 0 aliphatic heterocycles. The van der Waals surface area contributed by atoms with Crippen LogP contribution in [0, 0.1) is 10.1 Å². The maximum atomic E-state index is 10.8. The monoisotopic (exact) mass is 237 g/mol. The van der Waals surface area contributed by atoms with Gasteiger partial charge in [0.1, 0.15) is 0 Å². The predicted octanol–water partition coefficient (Wildman–Crippen LogP) is 2.80. The Hall–Kier alpha value is -1.78. The zero-order valence-corrected chi connectivity index (χ0v) is 10.5. The van der Waals surface area contributed by atoms with E-state index >= 15 is 0 Å². The second-order valence-electron chi connectivity index (χ2n) is 4.12. The second kappa shape index (κ2) is 5.52. The van der Waals surface area contributed by atoms with Crippen LogP contribution in [-0.2, 0) is 0 Å². The van der Waals surface area contributed by atoms with Crippen LogP contribution in [0.2, 0.25) is 0 Å². The number of nitro groups is 1. The average molecular weight is 237 g/mol. The fourth-order valence-electron chi connectivity index (χ4n) is 1.97. The summed E-state index contributed by atoms with van der Waals surface area (Å²) < 4.78 is 0. The van der Waals surface area contributed by atoms with Gasteiger partial charge in [-0.3, -0.25) is 10.1 Å². The Labute approximate surface area is 101 Å². The first-order chi connectivity index (χ1) is 7.99. The second-order valence-corrected chi connectivity index (χ2v) is 4.12. The van der Waals surface area contributed by atoms with Crippen LogP contribution in [0.1, 0.15) is 26.7 Å². The van der Waals surface area contributed by atoms with Gasteiger partial charge in [0, 0.05) is 36.6 Å². The van der Waals surface area contributed by atoms with Crippen molar-refractivity contribution in [3.63, 3.8) is 0 Å². The number of nitro benzene ring substituents is 1. The number of nitrogens with two attached hydrogens (primary N) is 1. The molecule has 0 aliphatic rings. The summed E-state index contributed by atoms with van der Waals surface area (Å²) in [5, 5.41) is 10.8. The normalized spacial score (nSPS) is 10.6. The van der Waals surface area contributed by atoms with Crippen molar-refractivity contribution in [2.24, 2.45) is 0 Å². The average Bonchev–Trinajstić information content (AvgIpc) is 2.29. The first-order valence-corrected chi connectivity index (χ1v) is 5.77. The molecule has 0 heterocycles. The number of hydrogen-bond acceptors (Lipinski definition) is 4. The van der Waals surface area contributed by atoms with Gasteiger partial charge in [-0.1, -0.05) is 13.8 Å². The van der Waals surface area contributed by atoms with Gasteiger partial charge in [-0.15, -0.1) is 0 Å². The van der Waals surface area contributed by atoms with E-state index in [4.69, 9.17) is 5.73 Å². The molecule has 1 aromatic carbocycles. The molecule has 0 amide bonds. The molecule has 94 valence electrons. The van der Waals surface area contributed by atoms with Gasteiger partial charge in [-0.2, -0.15) is 0 Å². The summed E-state index contributed by atoms with van der Waals surface area (Å²) >= 11 is 0. The van der Waals surface area contributed by atoms with Gasteiger partial charge in [0.05, 0.1) is 4.92 Å². The minimum absolute atomic E-state index is 0.0396. The molecule has 0 bridgehead atoms. The molecule has 5 nitrogen and oxygen atoms in total. The summed E-state index contributed by atoms with van der Waals surface area (Å²) in [5.41, 5.74) is 6.95. The molecule has 0 saturated heterocycles. The van der Waals surface area contributed by atoms with E-state index in [1.807, 2.05) is 11.9 Å². The predicted molar refractivity (Wildman–Crippen MR) is 70.3 cm³/mol. The molecule has 17 heavy (non-hydrogen) atoms. The van der Waals surface area contributed by atoms with Crippen molar-refractivity contribution in [1.29, 1.82) is 0 Å². The van der Waals surface area contributed by atoms with Crippen molar-refractivity contribution in [3.8, 4) is 0 Å². The molecule has 0 saturated carbocycles. The van der Waals surface area contributed by atoms with Crippen LogP contribution < -0.4 is 10.6 Å². The molecule has 0 aliphatic carbocycles. The third-order valence-corrected chi connectivity index (χ3v) is 3.03. The topological polar surface area (TPSA) is 72.4 Å². The number of benzene rings is 1. The van der Waals surface area contributed by atoms with Crippen LogP contribution in [0.3, 0.4) is 0 Å². The fraction of sp³-hybridized carbons (Fsp3) is 0.500. The highest BCUT2D eigenvalue weighted by molar-refractivity contribution is 5.62. The summed E-state index contributed by atoms with van der Waals surface area (Å²) in [7, 11) is 1.94. The van der Waals surface area contributed by atoms with E-state index < -0.39 is 4.92 Å². The summed E-state index contributed by atoms with van der Waals surface area (Å²) in [5.74, 6) is 0. The highest BCUT2D eigenvalue weighted by atomic mass is 16.6. The standard InChI is InChI=1S/C12H19N3O2/c1-4-10(5-2)14(3)11-6-9(13)7-12(8-11)15(16)17/h6-8,10H,4-5,13H2,1-3H3. The highest BCUT2D eigenvalue weighted by Crippen LogP contribution is 2.27. The Morgan fingerprint density at radius 1 is 1.35 bits per heavy atom. The molecular formula is C12H19N3O2. The first kappa shape index (κ1) is 13.3. The molecular weight excluding hydrogens is 218 g/mol. The zero-order valence-electron chi connectivity index (χ0n) is 10.5. The summed E-state index contributed by atoms with van der Waals surface area (Å²) in [6.07, 6.45) is 1.99. The fourth-order valence-corrected chi connectivity index (χ4v) is 1.97. The minimum atomic E-state index is -0.416. The third-order valence-electron chi connectivity index (χ3n) is 3.03. The molecule has 0 aromatic heterocycles. The van der Waals surface area contributed by atoms with Gasteiger partial charge in [-0.25, -0.2) is 0 Å². The van der Waals surface area contributed by atoms with Crippen LogP contribution in [0.5, 0.6) is 0 Å². The van der Waals surface area contributed by atoms with Crippen molar-refractivity contribution in [2.75, 3.05) is 17.7 Å². The van der Waals surface area contributed by atoms with E-state index in [1.165, 1.54) is 6.07 Å². The van der Waals surface area contributed by atoms with E-state index in [0.29, 0.717) is 11.7 Å². The molecule has 0 atom stereocenters. The van der Waals surface area contributed by atoms with Crippen LogP contribution in [-0.4, -0.2) is 18.0 Å². The van der Waals surface area contributed by atoms with Gasteiger partial charge in [-0.05, 0) is 18.9 Å². The number of hydrogen-bond donors (Lipinski definition) is 1. The van der Waals surface area contributed by atoms with Gasteiger partial charge in [0.25, 0.3) is 5.69 Å². The van der Waals surface area contributed by atoms with Crippen LogP contribution >= 0.6 is 0 Å². The highest BCUT2D eigenvalue weighted by Gasteiger charge is 2.15. The maximum Gasteiger partial charge on any atom is 0.273 e. The summed E-state index contributed by atoms with van der Waals surface area (Å²) in [6, 6.07) is 5.08. The molecule has 0 spiro atoms. The quantitative estimate of drug-likeness (QED) is 0.485. The van der Waals surface area contributed by atoms with E-state index in [9.17, 15) is 10.1 Å². The number of anilines is 2. The SMILES string of the molecule is CCC(CC)N(C)c1cc(N)cc([N+](=O)[O-])c1. The lowest BCUT2D eigenvalue weighted by molar-refractivity contribution is -0.384. The molecule has 0 fully saturated rings. The van der Waals surface area contributed by atoms with Crippen molar-refractivity contribution < 1.29 is 4.92 Å². The van der Waals surface area contributed by atoms with Gasteiger partial charge < -0.3 is 10.6 Å². The molecule has 0 unspecified atom stereocenters. The lowest BCUT2D eigenvalue weighted by atomic mass is 10.1. The smallest absolute Gasteiger partial charge is 0.273 e. The molecule has 2 N–H and O–H groups in total. The largest absolute Gasteiger partial charge is 0.398 e. The van der Waals surface area contributed by atoms with Crippen molar-refractivity contribution >= 4 is 17.1 Å².